The number of thiazole rings is 1. The van der Waals surface area contributed by atoms with Crippen LogP contribution in [-0.4, -0.2) is 41.6 Å². The Morgan fingerprint density at radius 3 is 2.80 bits per heavy atom. The zero-order chi connectivity index (χ0) is 17.8. The number of rotatable bonds is 5. The van der Waals surface area contributed by atoms with Crippen LogP contribution in [0.2, 0.25) is 0 Å². The van der Waals surface area contributed by atoms with Crippen LogP contribution >= 0.6 is 11.3 Å². The van der Waals surface area contributed by atoms with E-state index in [0.717, 1.165) is 6.20 Å². The molecule has 1 aliphatic rings. The number of hydrogen-bond donors (Lipinski definition) is 1. The number of ether oxygens (including phenoxy) is 3. The van der Waals surface area contributed by atoms with Crippen molar-refractivity contribution < 1.29 is 28.7 Å². The Balaban J connectivity index is 1.54. The molecule has 2 aromatic rings. The first-order chi connectivity index (χ1) is 12.0. The number of carbonyl (C=O) groups is 2. The molecule has 0 aliphatic carbocycles. The Bertz CT molecular complexity index is 836. The summed E-state index contributed by atoms with van der Waals surface area (Å²) in [5.74, 6) is -0.404. The number of nitrogens with one attached hydrogen (secondary N) is 1. The van der Waals surface area contributed by atoms with Gasteiger partial charge in [-0.15, -0.1) is 0 Å². The number of anilines is 1. The van der Waals surface area contributed by atoms with Gasteiger partial charge in [-0.25, -0.2) is 9.78 Å². The van der Waals surface area contributed by atoms with Crippen LogP contribution in [0.15, 0.2) is 24.4 Å². The fourth-order valence-electron chi connectivity index (χ4n) is 1.95. The highest BCUT2D eigenvalue weighted by atomic mass is 32.1. The van der Waals surface area contributed by atoms with E-state index >= 15 is 0 Å². The van der Waals surface area contributed by atoms with Gasteiger partial charge < -0.3 is 14.2 Å². The number of esters is 1. The second-order valence-corrected chi connectivity index (χ2v) is 5.75. The van der Waals surface area contributed by atoms with Crippen LogP contribution in [0.25, 0.3) is 0 Å². The number of fused-ring (bicyclic) bond motifs is 1. The van der Waals surface area contributed by atoms with Gasteiger partial charge in [-0.2, -0.15) is 0 Å². The third-order valence-electron chi connectivity index (χ3n) is 3.03. The van der Waals surface area contributed by atoms with Crippen LogP contribution in [0.5, 0.6) is 11.5 Å². The fourth-order valence-corrected chi connectivity index (χ4v) is 2.60. The van der Waals surface area contributed by atoms with Crippen molar-refractivity contribution in [3.05, 3.63) is 40.1 Å². The number of carbonyl (C=O) groups excluding carboxylic acids is 2. The van der Waals surface area contributed by atoms with Crippen molar-refractivity contribution in [3.63, 3.8) is 0 Å². The van der Waals surface area contributed by atoms with Gasteiger partial charge in [0.05, 0.1) is 10.5 Å². The highest BCUT2D eigenvalue weighted by molar-refractivity contribution is 7.18. The molecule has 0 spiro atoms. The smallest absolute Gasteiger partial charge is 0.345 e. The quantitative estimate of drug-likeness (QED) is 0.480. The number of amides is 1. The summed E-state index contributed by atoms with van der Waals surface area (Å²) in [6, 6.07) is 4.55. The molecule has 1 amide bonds. The molecule has 0 radical (unpaired) electrons. The summed E-state index contributed by atoms with van der Waals surface area (Å²) in [5.41, 5.74) is 0.210. The van der Waals surface area contributed by atoms with Crippen molar-refractivity contribution >= 4 is 33.3 Å². The minimum absolute atomic E-state index is 0.0482. The highest BCUT2D eigenvalue weighted by Crippen LogP contribution is 2.31. The Morgan fingerprint density at radius 1 is 1.32 bits per heavy atom. The van der Waals surface area contributed by atoms with Crippen molar-refractivity contribution in [1.82, 2.24) is 4.98 Å². The van der Waals surface area contributed by atoms with Gasteiger partial charge in [0.1, 0.15) is 19.4 Å². The summed E-state index contributed by atoms with van der Waals surface area (Å²) in [5, 5.41) is 12.7. The molecule has 0 atom stereocenters. The van der Waals surface area contributed by atoms with Gasteiger partial charge in [0.15, 0.2) is 23.2 Å². The normalized spacial score (nSPS) is 12.3. The maximum atomic E-state index is 12.0. The highest BCUT2D eigenvalue weighted by Gasteiger charge is 2.18. The topological polar surface area (TPSA) is 130 Å². The molecule has 0 unspecified atom stereocenters. The first kappa shape index (κ1) is 16.6. The number of nitro groups is 1. The molecule has 0 saturated heterocycles. The minimum Gasteiger partial charge on any atom is -0.486 e. The van der Waals surface area contributed by atoms with Gasteiger partial charge in [-0.05, 0) is 29.5 Å². The van der Waals surface area contributed by atoms with Crippen molar-refractivity contribution in [2.45, 2.75) is 0 Å². The first-order valence-electron chi connectivity index (χ1n) is 7.00. The second kappa shape index (κ2) is 7.13. The predicted molar refractivity (Wildman–Crippen MR) is 85.1 cm³/mol. The van der Waals surface area contributed by atoms with Crippen LogP contribution in [0.3, 0.4) is 0 Å². The van der Waals surface area contributed by atoms with E-state index in [4.69, 9.17) is 14.2 Å². The molecule has 130 valence electrons. The molecule has 0 bridgehead atoms. The van der Waals surface area contributed by atoms with Gasteiger partial charge in [0, 0.05) is 0 Å². The average Bonchev–Trinajstić information content (AvgIpc) is 3.08. The van der Waals surface area contributed by atoms with E-state index in [1.165, 1.54) is 12.1 Å². The van der Waals surface area contributed by atoms with Crippen molar-refractivity contribution in [2.75, 3.05) is 25.1 Å². The van der Waals surface area contributed by atoms with E-state index in [1.807, 2.05) is 0 Å². The summed E-state index contributed by atoms with van der Waals surface area (Å²) < 4.78 is 15.6. The molecule has 0 saturated carbocycles. The van der Waals surface area contributed by atoms with Crippen LogP contribution < -0.4 is 14.8 Å². The number of nitrogens with zero attached hydrogens (tertiary/aromatic N) is 2. The lowest BCUT2D eigenvalue weighted by Crippen LogP contribution is -2.21. The largest absolute Gasteiger partial charge is 0.486 e. The molecule has 1 N–H and O–H groups in total. The van der Waals surface area contributed by atoms with E-state index < -0.39 is 23.4 Å². The summed E-state index contributed by atoms with van der Waals surface area (Å²) in [4.78, 5) is 37.3. The predicted octanol–water partition coefficient (Wildman–Crippen LogP) is 1.62. The second-order valence-electron chi connectivity index (χ2n) is 4.74. The van der Waals surface area contributed by atoms with Crippen molar-refractivity contribution in [1.29, 1.82) is 0 Å². The lowest BCUT2D eigenvalue weighted by Gasteiger charge is -2.18. The van der Waals surface area contributed by atoms with Crippen molar-refractivity contribution in [3.8, 4) is 11.5 Å². The zero-order valence-corrected chi connectivity index (χ0v) is 13.4. The molecule has 3 rings (SSSR count). The standard InChI is InChI=1S/C14H11N3O7S/c18-11(16-14-15-6-12(25-14)17(20)21)7-24-13(19)8-1-2-9-10(5-8)23-4-3-22-9/h1-2,5-6H,3-4,7H2,(H,15,16,18). The van der Waals surface area contributed by atoms with Gasteiger partial charge >= 0.3 is 11.0 Å². The molecular formula is C14H11N3O7S. The van der Waals surface area contributed by atoms with E-state index in [2.05, 4.69) is 10.3 Å². The number of hydrogen-bond acceptors (Lipinski definition) is 9. The Kier molecular flexibility index (Phi) is 4.75. The van der Waals surface area contributed by atoms with Gasteiger partial charge in [-0.3, -0.25) is 20.2 Å². The lowest BCUT2D eigenvalue weighted by molar-refractivity contribution is -0.380. The van der Waals surface area contributed by atoms with E-state index in [0.29, 0.717) is 36.0 Å². The molecule has 10 nitrogen and oxygen atoms in total. The molecule has 1 aliphatic heterocycles. The summed E-state index contributed by atoms with van der Waals surface area (Å²) in [7, 11) is 0. The number of benzene rings is 1. The molecular weight excluding hydrogens is 354 g/mol. The first-order valence-corrected chi connectivity index (χ1v) is 7.81. The molecule has 11 heteroatoms. The molecule has 1 aromatic carbocycles. The maximum absolute atomic E-state index is 12.0. The minimum atomic E-state index is -0.711. The van der Waals surface area contributed by atoms with Gasteiger partial charge in [0.25, 0.3) is 5.91 Å². The molecule has 0 fully saturated rings. The summed E-state index contributed by atoms with van der Waals surface area (Å²) in [6.45, 7) is 0.264. The third kappa shape index (κ3) is 4.01. The average molecular weight is 365 g/mol. The van der Waals surface area contributed by atoms with E-state index in [1.54, 1.807) is 6.07 Å². The van der Waals surface area contributed by atoms with Crippen LogP contribution in [0.1, 0.15) is 10.4 Å². The number of aromatic nitrogens is 1. The lowest BCUT2D eigenvalue weighted by atomic mass is 10.2. The van der Waals surface area contributed by atoms with Crippen molar-refractivity contribution in [2.24, 2.45) is 0 Å². The van der Waals surface area contributed by atoms with Gasteiger partial charge in [-0.1, -0.05) is 0 Å². The fraction of sp³-hybridized carbons (Fsp3) is 0.214. The third-order valence-corrected chi connectivity index (χ3v) is 3.90. The Hall–Kier alpha value is -3.21. The van der Waals surface area contributed by atoms with E-state index in [-0.39, 0.29) is 15.7 Å². The SMILES string of the molecule is O=C(COC(=O)c1ccc2c(c1)OCCO2)Nc1ncc([N+](=O)[O-])s1. The van der Waals surface area contributed by atoms with Crippen LogP contribution in [0.4, 0.5) is 10.1 Å². The molecule has 1 aromatic heterocycles. The molecule has 2 heterocycles. The van der Waals surface area contributed by atoms with Crippen LogP contribution in [-0.2, 0) is 9.53 Å². The van der Waals surface area contributed by atoms with Gasteiger partial charge in [0.2, 0.25) is 0 Å². The monoisotopic (exact) mass is 365 g/mol. The Morgan fingerprint density at radius 2 is 2.08 bits per heavy atom. The summed E-state index contributed by atoms with van der Waals surface area (Å²) in [6.07, 6.45) is 1.03. The maximum Gasteiger partial charge on any atom is 0.345 e. The summed E-state index contributed by atoms with van der Waals surface area (Å²) >= 11 is 0.702. The zero-order valence-electron chi connectivity index (χ0n) is 12.6. The van der Waals surface area contributed by atoms with E-state index in [9.17, 15) is 19.7 Å². The Labute approximate surface area is 144 Å². The molecule has 25 heavy (non-hydrogen) atoms. The van der Waals surface area contributed by atoms with Crippen LogP contribution in [0, 0.1) is 10.1 Å².